The van der Waals surface area contributed by atoms with Gasteiger partial charge in [-0.15, -0.1) is 0 Å². The highest BCUT2D eigenvalue weighted by molar-refractivity contribution is 7.71. The number of aromatic amines is 1. The average molecular weight is 277 g/mol. The maximum Gasteiger partial charge on any atom is 0.178 e. The van der Waals surface area contributed by atoms with Crippen LogP contribution in [0.15, 0.2) is 18.2 Å². The summed E-state index contributed by atoms with van der Waals surface area (Å²) in [4.78, 5) is 5.56. The van der Waals surface area contributed by atoms with Crippen molar-refractivity contribution in [1.82, 2.24) is 14.5 Å². The van der Waals surface area contributed by atoms with Crippen molar-refractivity contribution in [3.8, 4) is 0 Å². The molecule has 100 valence electrons. The van der Waals surface area contributed by atoms with Crippen LogP contribution >= 0.6 is 12.2 Å². The molecule has 0 radical (unpaired) electrons. The molecule has 2 aromatic rings. The molecule has 1 N–H and O–H groups in total. The van der Waals surface area contributed by atoms with E-state index in [0.29, 0.717) is 16.3 Å². The summed E-state index contributed by atoms with van der Waals surface area (Å²) in [5.41, 5.74) is 1.44. The summed E-state index contributed by atoms with van der Waals surface area (Å²) in [6.07, 6.45) is 3.77. The number of nitrogens with zero attached hydrogens (tertiary/aromatic N) is 2. The van der Waals surface area contributed by atoms with Gasteiger partial charge in [-0.2, -0.15) is 0 Å². The number of halogens is 1. The molecule has 2 fully saturated rings. The zero-order chi connectivity index (χ0) is 13.0. The Hall–Kier alpha value is -1.20. The number of rotatable bonds is 2. The lowest BCUT2D eigenvalue weighted by Crippen LogP contribution is -2.23. The van der Waals surface area contributed by atoms with E-state index < -0.39 is 0 Å². The van der Waals surface area contributed by atoms with Gasteiger partial charge in [0.25, 0.3) is 0 Å². The number of para-hydroxylation sites is 1. The molecule has 1 saturated heterocycles. The van der Waals surface area contributed by atoms with E-state index in [4.69, 9.17) is 12.2 Å². The fraction of sp³-hybridized carbons (Fsp3) is 0.500. The Morgan fingerprint density at radius 3 is 2.84 bits per heavy atom. The highest BCUT2D eigenvalue weighted by atomic mass is 32.1. The second-order valence-corrected chi connectivity index (χ2v) is 5.99. The molecule has 4 rings (SSSR count). The van der Waals surface area contributed by atoms with Crippen LogP contribution in [0.5, 0.6) is 0 Å². The minimum Gasteiger partial charge on any atom is -0.328 e. The molecule has 2 heterocycles. The first-order chi connectivity index (χ1) is 9.24. The van der Waals surface area contributed by atoms with Crippen LogP contribution in [0.3, 0.4) is 0 Å². The second kappa shape index (κ2) is 4.15. The third kappa shape index (κ3) is 1.83. The summed E-state index contributed by atoms with van der Waals surface area (Å²) in [5, 5.41) is 0. The van der Waals surface area contributed by atoms with Crippen LogP contribution in [0.25, 0.3) is 11.0 Å². The SMILES string of the molecule is Fc1cccc2c1[nH]c(=S)n2C1CCN(C2CC2)C1. The van der Waals surface area contributed by atoms with Crippen molar-refractivity contribution in [2.45, 2.75) is 31.3 Å². The highest BCUT2D eigenvalue weighted by Crippen LogP contribution is 2.35. The Bertz CT molecular complexity index is 686. The molecule has 1 aliphatic heterocycles. The van der Waals surface area contributed by atoms with Crippen LogP contribution in [0.4, 0.5) is 4.39 Å². The molecule has 1 saturated carbocycles. The first kappa shape index (κ1) is 11.6. The summed E-state index contributed by atoms with van der Waals surface area (Å²) in [6, 6.07) is 6.35. The van der Waals surface area contributed by atoms with Gasteiger partial charge in [0.2, 0.25) is 0 Å². The van der Waals surface area contributed by atoms with Crippen molar-refractivity contribution in [2.75, 3.05) is 13.1 Å². The van der Waals surface area contributed by atoms with E-state index >= 15 is 0 Å². The lowest BCUT2D eigenvalue weighted by atomic mass is 10.2. The first-order valence-electron chi connectivity index (χ1n) is 6.87. The van der Waals surface area contributed by atoms with Crippen LogP contribution in [0.1, 0.15) is 25.3 Å². The summed E-state index contributed by atoms with van der Waals surface area (Å²) in [6.45, 7) is 2.18. The third-order valence-electron chi connectivity index (χ3n) is 4.33. The van der Waals surface area contributed by atoms with Crippen molar-refractivity contribution in [1.29, 1.82) is 0 Å². The van der Waals surface area contributed by atoms with E-state index in [1.807, 2.05) is 6.07 Å². The fourth-order valence-corrected chi connectivity index (χ4v) is 3.58. The molecule has 0 amide bonds. The molecular formula is C14H16FN3S. The molecular weight excluding hydrogens is 261 g/mol. The number of benzene rings is 1. The molecule has 1 aliphatic carbocycles. The van der Waals surface area contributed by atoms with Crippen LogP contribution < -0.4 is 0 Å². The lowest BCUT2D eigenvalue weighted by Gasteiger charge is -2.16. The number of fused-ring (bicyclic) bond motifs is 1. The van der Waals surface area contributed by atoms with Gasteiger partial charge in [-0.05, 0) is 43.6 Å². The molecule has 1 aromatic carbocycles. The number of imidazole rings is 1. The Morgan fingerprint density at radius 2 is 2.05 bits per heavy atom. The molecule has 1 unspecified atom stereocenters. The molecule has 3 nitrogen and oxygen atoms in total. The molecule has 19 heavy (non-hydrogen) atoms. The number of likely N-dealkylation sites (tertiary alicyclic amines) is 1. The predicted molar refractivity (Wildman–Crippen MR) is 75.3 cm³/mol. The van der Waals surface area contributed by atoms with Gasteiger partial charge in [-0.25, -0.2) is 4.39 Å². The summed E-state index contributed by atoms with van der Waals surface area (Å²) >= 11 is 5.39. The number of nitrogens with one attached hydrogen (secondary N) is 1. The minimum atomic E-state index is -0.223. The van der Waals surface area contributed by atoms with Crippen molar-refractivity contribution in [3.05, 3.63) is 28.8 Å². The van der Waals surface area contributed by atoms with Gasteiger partial charge >= 0.3 is 0 Å². The van der Waals surface area contributed by atoms with Gasteiger partial charge in [0.1, 0.15) is 11.3 Å². The molecule has 0 spiro atoms. The predicted octanol–water partition coefficient (Wildman–Crippen LogP) is 3.25. The fourth-order valence-electron chi connectivity index (χ4n) is 3.23. The van der Waals surface area contributed by atoms with Crippen LogP contribution in [0.2, 0.25) is 0 Å². The Balaban J connectivity index is 1.76. The van der Waals surface area contributed by atoms with Crippen molar-refractivity contribution in [2.24, 2.45) is 0 Å². The summed E-state index contributed by atoms with van der Waals surface area (Å²) < 4.78 is 16.5. The van der Waals surface area contributed by atoms with E-state index in [1.54, 1.807) is 6.07 Å². The molecule has 1 aromatic heterocycles. The average Bonchev–Trinajstić information content (AvgIpc) is 3.03. The van der Waals surface area contributed by atoms with E-state index in [-0.39, 0.29) is 5.82 Å². The van der Waals surface area contributed by atoms with Crippen molar-refractivity contribution >= 4 is 23.3 Å². The Labute approximate surface area is 116 Å². The number of aromatic nitrogens is 2. The largest absolute Gasteiger partial charge is 0.328 e. The van der Waals surface area contributed by atoms with Gasteiger partial charge in [0.15, 0.2) is 4.77 Å². The maximum atomic E-state index is 13.8. The van der Waals surface area contributed by atoms with Gasteiger partial charge in [-0.3, -0.25) is 4.90 Å². The van der Waals surface area contributed by atoms with Gasteiger partial charge in [-0.1, -0.05) is 6.07 Å². The normalized spacial score (nSPS) is 24.4. The van der Waals surface area contributed by atoms with Crippen molar-refractivity contribution < 1.29 is 4.39 Å². The molecule has 1 atom stereocenters. The maximum absolute atomic E-state index is 13.8. The quantitative estimate of drug-likeness (QED) is 0.852. The van der Waals surface area contributed by atoms with Crippen LogP contribution in [0, 0.1) is 10.6 Å². The monoisotopic (exact) mass is 277 g/mol. The number of hydrogen-bond donors (Lipinski definition) is 1. The lowest BCUT2D eigenvalue weighted by molar-refractivity contribution is 0.314. The van der Waals surface area contributed by atoms with Crippen LogP contribution in [-0.2, 0) is 0 Å². The minimum absolute atomic E-state index is 0.223. The van der Waals surface area contributed by atoms with E-state index in [9.17, 15) is 4.39 Å². The van der Waals surface area contributed by atoms with E-state index in [0.717, 1.165) is 31.1 Å². The zero-order valence-electron chi connectivity index (χ0n) is 10.6. The summed E-state index contributed by atoms with van der Waals surface area (Å²) in [5.74, 6) is -0.223. The molecule has 2 aliphatic rings. The van der Waals surface area contributed by atoms with Gasteiger partial charge in [0, 0.05) is 19.1 Å². The Kier molecular flexibility index (Phi) is 2.53. The number of hydrogen-bond acceptors (Lipinski definition) is 2. The van der Waals surface area contributed by atoms with Gasteiger partial charge in [0.05, 0.1) is 11.6 Å². The van der Waals surface area contributed by atoms with Gasteiger partial charge < -0.3 is 9.55 Å². The number of H-pyrrole nitrogens is 1. The Morgan fingerprint density at radius 1 is 1.21 bits per heavy atom. The van der Waals surface area contributed by atoms with Crippen molar-refractivity contribution in [3.63, 3.8) is 0 Å². The standard InChI is InChI=1S/C14H16FN3S/c15-11-2-1-3-12-13(11)16-14(19)18(12)10-6-7-17(8-10)9-4-5-9/h1-3,9-10H,4-8H2,(H,16,19). The molecule has 5 heteroatoms. The second-order valence-electron chi connectivity index (χ2n) is 5.60. The topological polar surface area (TPSA) is 24.0 Å². The first-order valence-corrected chi connectivity index (χ1v) is 7.27. The summed E-state index contributed by atoms with van der Waals surface area (Å²) in [7, 11) is 0. The molecule has 0 bridgehead atoms. The van der Waals surface area contributed by atoms with E-state index in [2.05, 4.69) is 14.5 Å². The van der Waals surface area contributed by atoms with Crippen LogP contribution in [-0.4, -0.2) is 33.6 Å². The van der Waals surface area contributed by atoms with E-state index in [1.165, 1.54) is 18.9 Å². The third-order valence-corrected chi connectivity index (χ3v) is 4.62. The zero-order valence-corrected chi connectivity index (χ0v) is 11.4. The smallest absolute Gasteiger partial charge is 0.178 e. The highest BCUT2D eigenvalue weighted by Gasteiger charge is 2.35.